The molecule has 0 saturated heterocycles. The number of halogens is 3. The van der Waals surface area contributed by atoms with Gasteiger partial charge in [0, 0.05) is 4.90 Å². The van der Waals surface area contributed by atoms with Gasteiger partial charge in [-0.15, -0.1) is 11.8 Å². The van der Waals surface area contributed by atoms with Crippen molar-refractivity contribution in [3.8, 4) is 6.07 Å². The molecule has 0 aromatic heterocycles. The Hall–Kier alpha value is -1.93. The van der Waals surface area contributed by atoms with Crippen LogP contribution in [0.15, 0.2) is 59.5 Å². The maximum absolute atomic E-state index is 12.7. The van der Waals surface area contributed by atoms with Crippen molar-refractivity contribution in [3.63, 3.8) is 0 Å². The van der Waals surface area contributed by atoms with E-state index in [-0.39, 0.29) is 0 Å². The van der Waals surface area contributed by atoms with Crippen molar-refractivity contribution in [2.75, 3.05) is 0 Å². The summed E-state index contributed by atoms with van der Waals surface area (Å²) in [6, 6.07) is 16.1. The van der Waals surface area contributed by atoms with Crippen molar-refractivity contribution in [1.82, 2.24) is 0 Å². The van der Waals surface area contributed by atoms with Crippen LogP contribution in [0.5, 0.6) is 0 Å². The molecule has 1 unspecified atom stereocenters. The van der Waals surface area contributed by atoms with Crippen molar-refractivity contribution >= 4 is 11.8 Å². The van der Waals surface area contributed by atoms with Crippen LogP contribution in [-0.4, -0.2) is 0 Å². The molecule has 5 heteroatoms. The number of thioether (sulfide) groups is 1. The summed E-state index contributed by atoms with van der Waals surface area (Å²) >= 11 is 1.23. The predicted octanol–water partition coefficient (Wildman–Crippen LogP) is 5.06. The number of hydrogen-bond acceptors (Lipinski definition) is 2. The fourth-order valence-corrected chi connectivity index (χ4v) is 2.60. The van der Waals surface area contributed by atoms with E-state index in [2.05, 4.69) is 0 Å². The zero-order valence-corrected chi connectivity index (χ0v) is 11.1. The van der Waals surface area contributed by atoms with E-state index in [1.165, 1.54) is 17.8 Å². The van der Waals surface area contributed by atoms with Gasteiger partial charge >= 0.3 is 6.18 Å². The minimum absolute atomic E-state index is 0.358. The number of alkyl halides is 3. The van der Waals surface area contributed by atoms with Gasteiger partial charge in [0.05, 0.1) is 11.6 Å². The molecule has 0 saturated carbocycles. The lowest BCUT2D eigenvalue weighted by atomic mass is 10.1. The van der Waals surface area contributed by atoms with Gasteiger partial charge in [0.2, 0.25) is 0 Å². The Bertz CT molecular complexity index is 617. The highest BCUT2D eigenvalue weighted by molar-refractivity contribution is 7.99. The van der Waals surface area contributed by atoms with E-state index in [1.54, 1.807) is 6.07 Å². The molecule has 1 atom stereocenters. The smallest absolute Gasteiger partial charge is 0.197 e. The molecule has 0 heterocycles. The molecule has 20 heavy (non-hydrogen) atoms. The second kappa shape index (κ2) is 6.02. The first kappa shape index (κ1) is 14.5. The van der Waals surface area contributed by atoms with Crippen LogP contribution >= 0.6 is 11.8 Å². The lowest BCUT2D eigenvalue weighted by Gasteiger charge is -2.12. The maximum atomic E-state index is 12.7. The Morgan fingerprint density at radius 2 is 1.70 bits per heavy atom. The lowest BCUT2D eigenvalue weighted by Crippen LogP contribution is -2.05. The van der Waals surface area contributed by atoms with Gasteiger partial charge in [-0.1, -0.05) is 30.3 Å². The first-order chi connectivity index (χ1) is 9.50. The molecule has 0 aliphatic carbocycles. The number of benzene rings is 2. The van der Waals surface area contributed by atoms with Crippen LogP contribution in [0.4, 0.5) is 13.2 Å². The van der Waals surface area contributed by atoms with Crippen LogP contribution in [0.2, 0.25) is 0 Å². The second-order valence-electron chi connectivity index (χ2n) is 4.06. The fourth-order valence-electron chi connectivity index (χ4n) is 1.68. The molecule has 0 aliphatic heterocycles. The molecule has 0 spiro atoms. The van der Waals surface area contributed by atoms with E-state index in [1.807, 2.05) is 36.4 Å². The third-order valence-electron chi connectivity index (χ3n) is 2.63. The van der Waals surface area contributed by atoms with Crippen molar-refractivity contribution in [1.29, 1.82) is 5.26 Å². The first-order valence-corrected chi connectivity index (χ1v) is 6.67. The Morgan fingerprint density at radius 3 is 2.30 bits per heavy atom. The molecule has 2 rings (SSSR count). The maximum Gasteiger partial charge on any atom is 0.416 e. The molecule has 2 aromatic carbocycles. The lowest BCUT2D eigenvalue weighted by molar-refractivity contribution is -0.137. The molecule has 0 amide bonds. The number of nitrogens with zero attached hydrogens (tertiary/aromatic N) is 1. The zero-order chi connectivity index (χ0) is 14.6. The minimum Gasteiger partial charge on any atom is -0.197 e. The molecular weight excluding hydrogens is 283 g/mol. The van der Waals surface area contributed by atoms with E-state index in [4.69, 9.17) is 0 Å². The summed E-state index contributed by atoms with van der Waals surface area (Å²) in [6.07, 6.45) is -4.40. The van der Waals surface area contributed by atoms with Crippen molar-refractivity contribution < 1.29 is 13.2 Å². The van der Waals surface area contributed by atoms with Crippen molar-refractivity contribution in [2.45, 2.75) is 16.3 Å². The SMILES string of the molecule is N#CC(Sc1ccccc1)c1cccc(C(F)(F)F)c1. The van der Waals surface area contributed by atoms with Gasteiger partial charge < -0.3 is 0 Å². The van der Waals surface area contributed by atoms with Crippen LogP contribution < -0.4 is 0 Å². The van der Waals surface area contributed by atoms with Crippen molar-refractivity contribution in [2.24, 2.45) is 0 Å². The predicted molar refractivity (Wildman–Crippen MR) is 72.1 cm³/mol. The third kappa shape index (κ3) is 3.55. The molecular formula is C15H10F3NS. The third-order valence-corrected chi connectivity index (χ3v) is 3.79. The van der Waals surface area contributed by atoms with E-state index in [0.717, 1.165) is 17.0 Å². The van der Waals surface area contributed by atoms with Gasteiger partial charge in [0.1, 0.15) is 5.25 Å². The van der Waals surface area contributed by atoms with Crippen LogP contribution in [0.25, 0.3) is 0 Å². The zero-order valence-electron chi connectivity index (χ0n) is 10.3. The summed E-state index contributed by atoms with van der Waals surface area (Å²) in [5.74, 6) is 0. The van der Waals surface area contributed by atoms with Gasteiger partial charge in [0.25, 0.3) is 0 Å². The highest BCUT2D eigenvalue weighted by atomic mass is 32.2. The molecule has 0 radical (unpaired) electrons. The summed E-state index contributed by atoms with van der Waals surface area (Å²) in [6.45, 7) is 0. The molecule has 2 aromatic rings. The second-order valence-corrected chi connectivity index (χ2v) is 5.24. The van der Waals surface area contributed by atoms with Gasteiger partial charge in [-0.05, 0) is 29.8 Å². The Labute approximate surface area is 119 Å². The first-order valence-electron chi connectivity index (χ1n) is 5.79. The molecule has 1 nitrogen and oxygen atoms in total. The number of rotatable bonds is 3. The van der Waals surface area contributed by atoms with Crippen LogP contribution in [-0.2, 0) is 6.18 Å². The van der Waals surface area contributed by atoms with Gasteiger partial charge in [-0.2, -0.15) is 18.4 Å². The summed E-state index contributed by atoms with van der Waals surface area (Å²) in [7, 11) is 0. The van der Waals surface area contributed by atoms with Crippen molar-refractivity contribution in [3.05, 3.63) is 65.7 Å². The van der Waals surface area contributed by atoms with Crippen LogP contribution in [0.1, 0.15) is 16.4 Å². The summed E-state index contributed by atoms with van der Waals surface area (Å²) in [4.78, 5) is 0.844. The standard InChI is InChI=1S/C15H10F3NS/c16-15(17,18)12-6-4-5-11(9-12)14(10-19)20-13-7-2-1-3-8-13/h1-9,14H. The van der Waals surface area contributed by atoms with E-state index in [9.17, 15) is 18.4 Å². The fraction of sp³-hybridized carbons (Fsp3) is 0.133. The Morgan fingerprint density at radius 1 is 1.00 bits per heavy atom. The van der Waals surface area contributed by atoms with E-state index >= 15 is 0 Å². The topological polar surface area (TPSA) is 23.8 Å². The average molecular weight is 293 g/mol. The molecule has 102 valence electrons. The quantitative estimate of drug-likeness (QED) is 0.738. The minimum atomic E-state index is -4.40. The molecule has 0 aliphatic rings. The number of nitriles is 1. The summed E-state index contributed by atoms with van der Waals surface area (Å²) in [5, 5.41) is 8.52. The molecule has 0 bridgehead atoms. The highest BCUT2D eigenvalue weighted by Crippen LogP contribution is 2.37. The monoisotopic (exact) mass is 293 g/mol. The molecule has 0 fully saturated rings. The average Bonchev–Trinajstić information content (AvgIpc) is 2.45. The Kier molecular flexibility index (Phi) is 4.35. The highest BCUT2D eigenvalue weighted by Gasteiger charge is 2.31. The van der Waals surface area contributed by atoms with Gasteiger partial charge in [-0.25, -0.2) is 0 Å². The summed E-state index contributed by atoms with van der Waals surface area (Å²) < 4.78 is 38.0. The van der Waals surface area contributed by atoms with Crippen LogP contribution in [0.3, 0.4) is 0 Å². The largest absolute Gasteiger partial charge is 0.416 e. The number of hydrogen-bond donors (Lipinski definition) is 0. The van der Waals surface area contributed by atoms with Crippen LogP contribution in [0, 0.1) is 11.3 Å². The van der Waals surface area contributed by atoms with Gasteiger partial charge in [-0.3, -0.25) is 0 Å². The summed E-state index contributed by atoms with van der Waals surface area (Å²) in [5.41, 5.74) is -0.375. The normalized spacial score (nSPS) is 12.7. The van der Waals surface area contributed by atoms with Gasteiger partial charge in [0.15, 0.2) is 0 Å². The van der Waals surface area contributed by atoms with E-state index < -0.39 is 17.0 Å². The van der Waals surface area contributed by atoms with E-state index in [0.29, 0.717) is 5.56 Å². The Balaban J connectivity index is 2.27. The molecule has 0 N–H and O–H groups in total.